The Kier molecular flexibility index (Phi) is 4.16. The van der Waals surface area contributed by atoms with Crippen molar-refractivity contribution in [2.75, 3.05) is 20.3 Å². The van der Waals surface area contributed by atoms with Gasteiger partial charge in [-0.3, -0.25) is 0 Å². The van der Waals surface area contributed by atoms with Crippen LogP contribution in [0.5, 0.6) is 0 Å². The maximum atomic E-state index is 9.45. The van der Waals surface area contributed by atoms with Crippen LogP contribution in [0.4, 0.5) is 0 Å². The van der Waals surface area contributed by atoms with Crippen LogP contribution in [0.1, 0.15) is 32.6 Å². The van der Waals surface area contributed by atoms with Gasteiger partial charge < -0.3 is 15.2 Å². The SMILES string of the molecule is CNC1(CO)CCC(SC2CCOC2C)C1. The van der Waals surface area contributed by atoms with Gasteiger partial charge in [0.15, 0.2) is 0 Å². The van der Waals surface area contributed by atoms with Crippen molar-refractivity contribution in [1.29, 1.82) is 0 Å². The molecule has 0 spiro atoms. The fourth-order valence-electron chi connectivity index (χ4n) is 2.78. The molecule has 2 N–H and O–H groups in total. The van der Waals surface area contributed by atoms with Gasteiger partial charge in [0.05, 0.1) is 12.7 Å². The van der Waals surface area contributed by atoms with Crippen molar-refractivity contribution >= 4 is 11.8 Å². The van der Waals surface area contributed by atoms with Crippen LogP contribution in [0.15, 0.2) is 0 Å². The fourth-order valence-corrected chi connectivity index (χ4v) is 4.48. The van der Waals surface area contributed by atoms with E-state index in [9.17, 15) is 5.11 Å². The lowest BCUT2D eigenvalue weighted by Crippen LogP contribution is -2.44. The smallest absolute Gasteiger partial charge is 0.0666 e. The lowest BCUT2D eigenvalue weighted by Gasteiger charge is -2.27. The molecular weight excluding hydrogens is 222 g/mol. The second kappa shape index (κ2) is 5.25. The van der Waals surface area contributed by atoms with Gasteiger partial charge in [0, 0.05) is 22.6 Å². The second-order valence-corrected chi connectivity index (χ2v) is 6.64. The second-order valence-electron chi connectivity index (χ2n) is 5.09. The highest BCUT2D eigenvalue weighted by Gasteiger charge is 2.39. The molecule has 4 atom stereocenters. The summed E-state index contributed by atoms with van der Waals surface area (Å²) in [7, 11) is 1.96. The van der Waals surface area contributed by atoms with Crippen LogP contribution in [0, 0.1) is 0 Å². The van der Waals surface area contributed by atoms with Crippen LogP contribution < -0.4 is 5.32 Å². The summed E-state index contributed by atoms with van der Waals surface area (Å²) >= 11 is 2.08. The quantitative estimate of drug-likeness (QED) is 0.785. The van der Waals surface area contributed by atoms with Gasteiger partial charge in [-0.2, -0.15) is 11.8 Å². The van der Waals surface area contributed by atoms with E-state index in [-0.39, 0.29) is 12.1 Å². The monoisotopic (exact) mass is 245 g/mol. The Morgan fingerprint density at radius 2 is 2.31 bits per heavy atom. The fraction of sp³-hybridized carbons (Fsp3) is 1.00. The molecular formula is C12H23NO2S. The van der Waals surface area contributed by atoms with Gasteiger partial charge in [0.2, 0.25) is 0 Å². The number of likely N-dealkylation sites (N-methyl/N-ethyl adjacent to an activating group) is 1. The number of rotatable bonds is 4. The van der Waals surface area contributed by atoms with Crippen molar-refractivity contribution in [2.45, 2.75) is 54.7 Å². The molecule has 1 saturated carbocycles. The average Bonchev–Trinajstić information content (AvgIpc) is 2.88. The zero-order chi connectivity index (χ0) is 11.6. The lowest BCUT2D eigenvalue weighted by molar-refractivity contribution is 0.127. The molecule has 1 aliphatic heterocycles. The third-order valence-electron chi connectivity index (χ3n) is 4.07. The Labute approximate surface area is 102 Å². The van der Waals surface area contributed by atoms with E-state index in [0.29, 0.717) is 16.6 Å². The Bertz CT molecular complexity index is 233. The third kappa shape index (κ3) is 2.55. The Morgan fingerprint density at radius 3 is 2.81 bits per heavy atom. The summed E-state index contributed by atoms with van der Waals surface area (Å²) in [5, 5.41) is 14.1. The van der Waals surface area contributed by atoms with E-state index in [4.69, 9.17) is 4.74 Å². The minimum absolute atomic E-state index is 0.0135. The standard InChI is InChI=1S/C12H23NO2S/c1-9-11(4-6-15-9)16-10-3-5-12(7-10,8-14)13-2/h9-11,13-14H,3-8H2,1-2H3. The van der Waals surface area contributed by atoms with Gasteiger partial charge >= 0.3 is 0 Å². The van der Waals surface area contributed by atoms with E-state index < -0.39 is 0 Å². The first-order valence-corrected chi connectivity index (χ1v) is 7.20. The van der Waals surface area contributed by atoms with Gasteiger partial charge in [-0.15, -0.1) is 0 Å². The number of hydrogen-bond acceptors (Lipinski definition) is 4. The molecule has 0 radical (unpaired) electrons. The summed E-state index contributed by atoms with van der Waals surface area (Å²) in [5.41, 5.74) is -0.0135. The highest BCUT2D eigenvalue weighted by atomic mass is 32.2. The zero-order valence-corrected chi connectivity index (χ0v) is 11.1. The van der Waals surface area contributed by atoms with Crippen molar-refractivity contribution in [3.05, 3.63) is 0 Å². The highest BCUT2D eigenvalue weighted by molar-refractivity contribution is 8.00. The summed E-state index contributed by atoms with van der Waals surface area (Å²) in [6.45, 7) is 3.36. The van der Waals surface area contributed by atoms with E-state index in [1.54, 1.807) is 0 Å². The van der Waals surface area contributed by atoms with E-state index in [1.807, 2.05) is 7.05 Å². The van der Waals surface area contributed by atoms with Crippen molar-refractivity contribution in [3.8, 4) is 0 Å². The van der Waals surface area contributed by atoms with Gasteiger partial charge in [0.1, 0.15) is 0 Å². The Morgan fingerprint density at radius 1 is 1.50 bits per heavy atom. The number of ether oxygens (including phenoxy) is 1. The van der Waals surface area contributed by atoms with E-state index in [0.717, 1.165) is 19.4 Å². The molecule has 0 aromatic carbocycles. The zero-order valence-electron chi connectivity index (χ0n) is 10.2. The van der Waals surface area contributed by atoms with E-state index in [2.05, 4.69) is 24.0 Å². The Hall–Kier alpha value is 0.230. The number of aliphatic hydroxyl groups is 1. The molecule has 2 rings (SSSR count). The molecule has 2 fully saturated rings. The summed E-state index contributed by atoms with van der Waals surface area (Å²) in [6, 6.07) is 0. The molecule has 16 heavy (non-hydrogen) atoms. The van der Waals surface area contributed by atoms with Crippen LogP contribution in [-0.2, 0) is 4.74 Å². The minimum atomic E-state index is -0.0135. The molecule has 94 valence electrons. The van der Waals surface area contributed by atoms with Gasteiger partial charge in [-0.25, -0.2) is 0 Å². The van der Waals surface area contributed by atoms with Gasteiger partial charge in [-0.1, -0.05) is 0 Å². The predicted octanol–water partition coefficient (Wildman–Crippen LogP) is 1.40. The maximum Gasteiger partial charge on any atom is 0.0666 e. The number of hydrogen-bond donors (Lipinski definition) is 2. The van der Waals surface area contributed by atoms with E-state index in [1.165, 1.54) is 12.8 Å². The molecule has 1 aliphatic carbocycles. The third-order valence-corrected chi connectivity index (χ3v) is 5.83. The van der Waals surface area contributed by atoms with Crippen molar-refractivity contribution in [1.82, 2.24) is 5.32 Å². The molecule has 4 unspecified atom stereocenters. The molecule has 2 aliphatic rings. The van der Waals surface area contributed by atoms with Crippen molar-refractivity contribution in [2.24, 2.45) is 0 Å². The van der Waals surface area contributed by atoms with Crippen LogP contribution in [0.3, 0.4) is 0 Å². The molecule has 0 amide bonds. The molecule has 0 aromatic rings. The summed E-state index contributed by atoms with van der Waals surface area (Å²) in [4.78, 5) is 0. The molecule has 1 saturated heterocycles. The number of aliphatic hydroxyl groups excluding tert-OH is 1. The first-order valence-electron chi connectivity index (χ1n) is 6.26. The van der Waals surface area contributed by atoms with Crippen molar-refractivity contribution in [3.63, 3.8) is 0 Å². The van der Waals surface area contributed by atoms with Crippen LogP contribution in [-0.4, -0.2) is 47.5 Å². The first-order chi connectivity index (χ1) is 7.69. The maximum absolute atomic E-state index is 9.45. The molecule has 4 heteroatoms. The topological polar surface area (TPSA) is 41.5 Å². The van der Waals surface area contributed by atoms with Crippen LogP contribution in [0.25, 0.3) is 0 Å². The van der Waals surface area contributed by atoms with Crippen LogP contribution in [0.2, 0.25) is 0 Å². The van der Waals surface area contributed by atoms with E-state index >= 15 is 0 Å². The largest absolute Gasteiger partial charge is 0.394 e. The number of nitrogens with one attached hydrogen (secondary N) is 1. The van der Waals surface area contributed by atoms with Crippen molar-refractivity contribution < 1.29 is 9.84 Å². The molecule has 3 nitrogen and oxygen atoms in total. The normalized spacial score (nSPS) is 44.1. The first kappa shape index (κ1) is 12.7. The summed E-state index contributed by atoms with van der Waals surface area (Å²) in [5.74, 6) is 0. The number of thioether (sulfide) groups is 1. The van der Waals surface area contributed by atoms with Crippen LogP contribution >= 0.6 is 11.8 Å². The molecule has 1 heterocycles. The van der Waals surface area contributed by atoms with Gasteiger partial charge in [-0.05, 0) is 39.7 Å². The van der Waals surface area contributed by atoms with Gasteiger partial charge in [0.25, 0.3) is 0 Å². The lowest BCUT2D eigenvalue weighted by atomic mass is 10.00. The molecule has 0 aromatic heterocycles. The predicted molar refractivity (Wildman–Crippen MR) is 67.9 cm³/mol. The summed E-state index contributed by atoms with van der Waals surface area (Å²) < 4.78 is 5.59. The molecule has 0 bridgehead atoms. The average molecular weight is 245 g/mol. The highest BCUT2D eigenvalue weighted by Crippen LogP contribution is 2.41. The summed E-state index contributed by atoms with van der Waals surface area (Å²) in [6.07, 6.45) is 5.00. The Balaban J connectivity index is 1.84. The minimum Gasteiger partial charge on any atom is -0.394 e.